The molecule has 4 heteroatoms. The molecule has 1 aliphatic heterocycles. The Morgan fingerprint density at radius 3 is 2.39 bits per heavy atom. The molecule has 0 aromatic rings. The highest BCUT2D eigenvalue weighted by atomic mass is 16.2. The Morgan fingerprint density at radius 1 is 1.33 bits per heavy atom. The number of carbonyl (C=O) groups is 2. The minimum Gasteiger partial charge on any atom is -0.340 e. The van der Waals surface area contributed by atoms with Crippen molar-refractivity contribution in [2.45, 2.75) is 71.0 Å². The van der Waals surface area contributed by atoms with Gasteiger partial charge in [0.15, 0.2) is 0 Å². The van der Waals surface area contributed by atoms with Crippen LogP contribution in [0.5, 0.6) is 0 Å². The van der Waals surface area contributed by atoms with E-state index in [1.807, 2.05) is 25.7 Å². The largest absolute Gasteiger partial charge is 0.340 e. The second kappa shape index (κ2) is 4.56. The number of hydrogen-bond donors (Lipinski definition) is 1. The monoisotopic (exact) mass is 252 g/mol. The van der Waals surface area contributed by atoms with Crippen LogP contribution in [0.1, 0.15) is 53.4 Å². The highest BCUT2D eigenvalue weighted by molar-refractivity contribution is 5.99. The van der Waals surface area contributed by atoms with Gasteiger partial charge in [0.05, 0.1) is 0 Å². The van der Waals surface area contributed by atoms with Crippen LogP contribution in [0.3, 0.4) is 0 Å². The van der Waals surface area contributed by atoms with Gasteiger partial charge in [-0.15, -0.1) is 0 Å². The van der Waals surface area contributed by atoms with Crippen molar-refractivity contribution in [1.29, 1.82) is 0 Å². The summed E-state index contributed by atoms with van der Waals surface area (Å²) in [6.45, 7) is 7.96. The summed E-state index contributed by atoms with van der Waals surface area (Å²) in [6, 6.07) is 0.00370. The SMILES string of the molecule is CCC1C(=O)NC(C)(CC)C(=O)N1C1CC(C)C1. The minimum atomic E-state index is -0.707. The molecule has 0 spiro atoms. The molecule has 1 heterocycles. The molecule has 0 bridgehead atoms. The maximum atomic E-state index is 12.6. The first-order valence-corrected chi connectivity index (χ1v) is 7.07. The summed E-state index contributed by atoms with van der Waals surface area (Å²) in [6.07, 6.45) is 3.42. The number of rotatable bonds is 3. The van der Waals surface area contributed by atoms with E-state index in [-0.39, 0.29) is 23.9 Å². The van der Waals surface area contributed by atoms with Crippen LogP contribution in [-0.4, -0.2) is 34.3 Å². The molecule has 0 aromatic carbocycles. The van der Waals surface area contributed by atoms with E-state index >= 15 is 0 Å². The third kappa shape index (κ3) is 1.91. The van der Waals surface area contributed by atoms with Crippen LogP contribution in [0.25, 0.3) is 0 Å². The van der Waals surface area contributed by atoms with Crippen molar-refractivity contribution >= 4 is 11.8 Å². The third-order valence-corrected chi connectivity index (χ3v) is 4.58. The van der Waals surface area contributed by atoms with E-state index in [0.717, 1.165) is 12.8 Å². The van der Waals surface area contributed by atoms with Gasteiger partial charge in [-0.2, -0.15) is 0 Å². The van der Waals surface area contributed by atoms with Gasteiger partial charge in [0.25, 0.3) is 0 Å². The molecule has 2 rings (SSSR count). The predicted octanol–water partition coefficient (Wildman–Crippen LogP) is 1.69. The molecule has 1 N–H and O–H groups in total. The summed E-state index contributed by atoms with van der Waals surface area (Å²) < 4.78 is 0. The zero-order valence-electron chi connectivity index (χ0n) is 11.8. The van der Waals surface area contributed by atoms with Gasteiger partial charge < -0.3 is 10.2 Å². The fourth-order valence-electron chi connectivity index (χ4n) is 3.09. The van der Waals surface area contributed by atoms with E-state index in [4.69, 9.17) is 0 Å². The van der Waals surface area contributed by atoms with Gasteiger partial charge in [0.2, 0.25) is 11.8 Å². The second-order valence-electron chi connectivity index (χ2n) is 6.04. The van der Waals surface area contributed by atoms with Crippen molar-refractivity contribution in [3.05, 3.63) is 0 Å². The van der Waals surface area contributed by atoms with Crippen LogP contribution in [0.15, 0.2) is 0 Å². The number of hydrogen-bond acceptors (Lipinski definition) is 2. The molecule has 2 atom stereocenters. The van der Waals surface area contributed by atoms with Crippen LogP contribution < -0.4 is 5.32 Å². The van der Waals surface area contributed by atoms with E-state index in [2.05, 4.69) is 12.2 Å². The van der Waals surface area contributed by atoms with Gasteiger partial charge >= 0.3 is 0 Å². The van der Waals surface area contributed by atoms with E-state index in [1.165, 1.54) is 0 Å². The molecule has 2 amide bonds. The summed E-state index contributed by atoms with van der Waals surface area (Å²) in [5, 5.41) is 2.91. The first kappa shape index (κ1) is 13.4. The highest BCUT2D eigenvalue weighted by Crippen LogP contribution is 2.36. The molecular formula is C14H24N2O2. The lowest BCUT2D eigenvalue weighted by Crippen LogP contribution is -2.71. The molecular weight excluding hydrogens is 228 g/mol. The van der Waals surface area contributed by atoms with E-state index < -0.39 is 5.54 Å². The van der Waals surface area contributed by atoms with Crippen molar-refractivity contribution < 1.29 is 9.59 Å². The van der Waals surface area contributed by atoms with Gasteiger partial charge in [0, 0.05) is 6.04 Å². The fraction of sp³-hybridized carbons (Fsp3) is 0.857. The van der Waals surface area contributed by atoms with Crippen LogP contribution in [-0.2, 0) is 9.59 Å². The molecule has 0 radical (unpaired) electrons. The van der Waals surface area contributed by atoms with Crippen molar-refractivity contribution in [3.63, 3.8) is 0 Å². The van der Waals surface area contributed by atoms with Crippen molar-refractivity contribution in [3.8, 4) is 0 Å². The maximum Gasteiger partial charge on any atom is 0.248 e. The molecule has 2 aliphatic rings. The van der Waals surface area contributed by atoms with Crippen LogP contribution >= 0.6 is 0 Å². The number of nitrogens with zero attached hydrogens (tertiary/aromatic N) is 1. The first-order valence-electron chi connectivity index (χ1n) is 7.07. The average molecular weight is 252 g/mol. The molecule has 1 saturated heterocycles. The Kier molecular flexibility index (Phi) is 3.39. The number of carbonyl (C=O) groups excluding carboxylic acids is 2. The average Bonchev–Trinajstić information content (AvgIpc) is 2.30. The van der Waals surface area contributed by atoms with E-state index in [0.29, 0.717) is 18.8 Å². The third-order valence-electron chi connectivity index (χ3n) is 4.58. The molecule has 4 nitrogen and oxygen atoms in total. The number of amides is 2. The summed E-state index contributed by atoms with van der Waals surface area (Å²) in [7, 11) is 0. The highest BCUT2D eigenvalue weighted by Gasteiger charge is 2.50. The summed E-state index contributed by atoms with van der Waals surface area (Å²) in [5.74, 6) is 0.799. The lowest BCUT2D eigenvalue weighted by molar-refractivity contribution is -0.160. The molecule has 2 fully saturated rings. The zero-order chi connectivity index (χ0) is 13.5. The Hall–Kier alpha value is -1.06. The molecule has 18 heavy (non-hydrogen) atoms. The lowest BCUT2D eigenvalue weighted by Gasteiger charge is -2.51. The van der Waals surface area contributed by atoms with Gasteiger partial charge in [-0.25, -0.2) is 0 Å². The van der Waals surface area contributed by atoms with Crippen molar-refractivity contribution in [1.82, 2.24) is 10.2 Å². The molecule has 1 saturated carbocycles. The van der Waals surface area contributed by atoms with E-state index in [9.17, 15) is 9.59 Å². The topological polar surface area (TPSA) is 49.4 Å². The zero-order valence-corrected chi connectivity index (χ0v) is 11.8. The van der Waals surface area contributed by atoms with Crippen LogP contribution in [0, 0.1) is 5.92 Å². The normalized spacial score (nSPS) is 40.4. The smallest absolute Gasteiger partial charge is 0.248 e. The first-order chi connectivity index (χ1) is 8.42. The summed E-state index contributed by atoms with van der Waals surface area (Å²) >= 11 is 0. The van der Waals surface area contributed by atoms with Gasteiger partial charge in [-0.05, 0) is 38.5 Å². The Morgan fingerprint density at radius 2 is 1.94 bits per heavy atom. The fourth-order valence-corrected chi connectivity index (χ4v) is 3.09. The summed E-state index contributed by atoms with van der Waals surface area (Å²) in [5.41, 5.74) is -0.707. The maximum absolute atomic E-state index is 12.6. The molecule has 2 unspecified atom stereocenters. The lowest BCUT2D eigenvalue weighted by atomic mass is 9.78. The molecule has 0 aromatic heterocycles. The quantitative estimate of drug-likeness (QED) is 0.831. The Bertz CT molecular complexity index is 363. The van der Waals surface area contributed by atoms with Gasteiger partial charge in [-0.1, -0.05) is 20.8 Å². The van der Waals surface area contributed by atoms with Gasteiger partial charge in [0.1, 0.15) is 11.6 Å². The van der Waals surface area contributed by atoms with Crippen molar-refractivity contribution in [2.24, 2.45) is 5.92 Å². The Labute approximate surface area is 109 Å². The standard InChI is InChI=1S/C14H24N2O2/c1-5-11-12(17)15-14(4,6-2)13(18)16(11)10-7-9(3)8-10/h9-11H,5-8H2,1-4H3,(H,15,17). The second-order valence-corrected chi connectivity index (χ2v) is 6.04. The molecule has 102 valence electrons. The van der Waals surface area contributed by atoms with Crippen molar-refractivity contribution in [2.75, 3.05) is 0 Å². The summed E-state index contributed by atoms with van der Waals surface area (Å²) in [4.78, 5) is 26.7. The van der Waals surface area contributed by atoms with Gasteiger partial charge in [-0.3, -0.25) is 9.59 Å². The molecule has 1 aliphatic carbocycles. The van der Waals surface area contributed by atoms with Crippen LogP contribution in [0.2, 0.25) is 0 Å². The van der Waals surface area contributed by atoms with E-state index in [1.54, 1.807) is 0 Å². The number of piperazine rings is 1. The number of nitrogens with one attached hydrogen (secondary N) is 1. The van der Waals surface area contributed by atoms with Crippen LogP contribution in [0.4, 0.5) is 0 Å². The minimum absolute atomic E-state index is 0.0148. The predicted molar refractivity (Wildman–Crippen MR) is 69.9 cm³/mol. The Balaban J connectivity index is 2.25.